The lowest BCUT2D eigenvalue weighted by molar-refractivity contribution is 0.0790. The molecule has 1 aliphatic rings. The number of anilines is 1. The van der Waals surface area contributed by atoms with Crippen LogP contribution < -0.4 is 5.32 Å². The van der Waals surface area contributed by atoms with Gasteiger partial charge in [0.05, 0.1) is 5.56 Å². The van der Waals surface area contributed by atoms with Crippen LogP contribution in [0.3, 0.4) is 0 Å². The fraction of sp³-hybridized carbons (Fsp3) is 0.389. The van der Waals surface area contributed by atoms with Gasteiger partial charge in [-0.25, -0.2) is 14.4 Å². The van der Waals surface area contributed by atoms with Crippen molar-refractivity contribution in [1.29, 1.82) is 0 Å². The van der Waals surface area contributed by atoms with Gasteiger partial charge in [-0.15, -0.1) is 0 Å². The van der Waals surface area contributed by atoms with Crippen LogP contribution in [-0.4, -0.2) is 39.9 Å². The van der Waals surface area contributed by atoms with Gasteiger partial charge >= 0.3 is 0 Å². The Bertz CT molecular complexity index is 700. The maximum Gasteiger partial charge on any atom is 0.257 e. The summed E-state index contributed by atoms with van der Waals surface area (Å²) in [6, 6.07) is 6.76. The average molecular weight is 328 g/mol. The number of aromatic nitrogens is 2. The Labute approximate surface area is 140 Å². The monoisotopic (exact) mass is 328 g/mol. The maximum atomic E-state index is 13.0. The van der Waals surface area contributed by atoms with Crippen LogP contribution in [0.1, 0.15) is 42.1 Å². The van der Waals surface area contributed by atoms with Crippen molar-refractivity contribution in [2.24, 2.45) is 0 Å². The standard InChI is InChI=1S/C18H21FN4O/c1-12(2)22-18-20-9-15(10-21-18)17(24)23-8-7-14(11-23)13-3-5-16(19)6-4-13/h3-6,9-10,12,14H,7-8,11H2,1-2H3,(H,20,21,22)/t14-/m1/s1. The Kier molecular flexibility index (Phi) is 4.74. The number of likely N-dealkylation sites (tertiary alicyclic amines) is 1. The van der Waals surface area contributed by atoms with E-state index < -0.39 is 0 Å². The zero-order valence-electron chi connectivity index (χ0n) is 13.9. The second kappa shape index (κ2) is 6.95. The van der Waals surface area contributed by atoms with Crippen molar-refractivity contribution in [1.82, 2.24) is 14.9 Å². The molecular formula is C18H21FN4O. The van der Waals surface area contributed by atoms with Gasteiger partial charge in [0.2, 0.25) is 5.95 Å². The third-order valence-electron chi connectivity index (χ3n) is 4.13. The first-order valence-electron chi connectivity index (χ1n) is 8.16. The number of carbonyl (C=O) groups excluding carboxylic acids is 1. The molecule has 0 bridgehead atoms. The van der Waals surface area contributed by atoms with E-state index in [9.17, 15) is 9.18 Å². The molecule has 0 spiro atoms. The fourth-order valence-corrected chi connectivity index (χ4v) is 2.91. The predicted octanol–water partition coefficient (Wildman–Crippen LogP) is 3.07. The van der Waals surface area contributed by atoms with Crippen LogP contribution in [0.25, 0.3) is 0 Å². The molecule has 1 atom stereocenters. The number of hydrogen-bond acceptors (Lipinski definition) is 4. The van der Waals surface area contributed by atoms with Gasteiger partial charge < -0.3 is 10.2 Å². The lowest BCUT2D eigenvalue weighted by Gasteiger charge is -2.17. The number of rotatable bonds is 4. The Balaban J connectivity index is 1.64. The molecule has 3 rings (SSSR count). The van der Waals surface area contributed by atoms with E-state index in [2.05, 4.69) is 15.3 Å². The summed E-state index contributed by atoms with van der Waals surface area (Å²) >= 11 is 0. The van der Waals surface area contributed by atoms with E-state index in [1.165, 1.54) is 12.1 Å². The van der Waals surface area contributed by atoms with Gasteiger partial charge in [-0.2, -0.15) is 0 Å². The first kappa shape index (κ1) is 16.4. The largest absolute Gasteiger partial charge is 0.352 e. The van der Waals surface area contributed by atoms with Crippen molar-refractivity contribution in [3.63, 3.8) is 0 Å². The summed E-state index contributed by atoms with van der Waals surface area (Å²) in [6.45, 7) is 5.33. The number of nitrogens with zero attached hydrogens (tertiary/aromatic N) is 3. The highest BCUT2D eigenvalue weighted by Crippen LogP contribution is 2.28. The van der Waals surface area contributed by atoms with Crippen LogP contribution in [0.15, 0.2) is 36.7 Å². The molecule has 0 unspecified atom stereocenters. The molecule has 0 saturated carbocycles. The second-order valence-electron chi connectivity index (χ2n) is 6.38. The highest BCUT2D eigenvalue weighted by molar-refractivity contribution is 5.94. The molecule has 24 heavy (non-hydrogen) atoms. The van der Waals surface area contributed by atoms with Crippen LogP contribution >= 0.6 is 0 Å². The molecule has 0 radical (unpaired) electrons. The maximum absolute atomic E-state index is 13.0. The predicted molar refractivity (Wildman–Crippen MR) is 90.5 cm³/mol. The SMILES string of the molecule is CC(C)Nc1ncc(C(=O)N2CC[C@@H](c3ccc(F)cc3)C2)cn1. The summed E-state index contributed by atoms with van der Waals surface area (Å²) in [5, 5.41) is 3.10. The number of halogens is 1. The van der Waals surface area contributed by atoms with E-state index in [1.54, 1.807) is 24.5 Å². The molecule has 1 fully saturated rings. The fourth-order valence-electron chi connectivity index (χ4n) is 2.91. The van der Waals surface area contributed by atoms with Crippen molar-refractivity contribution < 1.29 is 9.18 Å². The molecule has 5 nitrogen and oxygen atoms in total. The second-order valence-corrected chi connectivity index (χ2v) is 6.38. The molecule has 2 aromatic rings. The minimum absolute atomic E-state index is 0.0595. The van der Waals surface area contributed by atoms with Crippen molar-refractivity contribution in [3.8, 4) is 0 Å². The molecule has 1 aliphatic heterocycles. The van der Waals surface area contributed by atoms with Crippen molar-refractivity contribution in [3.05, 3.63) is 53.6 Å². The van der Waals surface area contributed by atoms with Gasteiger partial charge in [0.15, 0.2) is 0 Å². The molecule has 1 amide bonds. The van der Waals surface area contributed by atoms with Gasteiger partial charge in [-0.05, 0) is 38.0 Å². The Morgan fingerprint density at radius 3 is 2.54 bits per heavy atom. The van der Waals surface area contributed by atoms with E-state index in [1.807, 2.05) is 18.7 Å². The summed E-state index contributed by atoms with van der Waals surface area (Å²) in [5.41, 5.74) is 1.56. The molecule has 2 heterocycles. The highest BCUT2D eigenvalue weighted by atomic mass is 19.1. The third kappa shape index (κ3) is 3.69. The van der Waals surface area contributed by atoms with Crippen LogP contribution in [0, 0.1) is 5.82 Å². The first-order chi connectivity index (χ1) is 11.5. The van der Waals surface area contributed by atoms with Crippen LogP contribution in [0.4, 0.5) is 10.3 Å². The van der Waals surface area contributed by atoms with E-state index in [4.69, 9.17) is 0 Å². The number of amides is 1. The van der Waals surface area contributed by atoms with Crippen LogP contribution in [0.5, 0.6) is 0 Å². The van der Waals surface area contributed by atoms with Crippen molar-refractivity contribution in [2.45, 2.75) is 32.2 Å². The van der Waals surface area contributed by atoms with Gasteiger partial charge in [-0.1, -0.05) is 12.1 Å². The first-order valence-corrected chi connectivity index (χ1v) is 8.16. The minimum Gasteiger partial charge on any atom is -0.352 e. The summed E-state index contributed by atoms with van der Waals surface area (Å²) < 4.78 is 13.0. The molecule has 0 aliphatic carbocycles. The van der Waals surface area contributed by atoms with E-state index in [0.717, 1.165) is 12.0 Å². The van der Waals surface area contributed by atoms with E-state index in [0.29, 0.717) is 24.6 Å². The topological polar surface area (TPSA) is 58.1 Å². The van der Waals surface area contributed by atoms with Gasteiger partial charge in [-0.3, -0.25) is 4.79 Å². The smallest absolute Gasteiger partial charge is 0.257 e. The summed E-state index contributed by atoms with van der Waals surface area (Å²) in [7, 11) is 0. The van der Waals surface area contributed by atoms with Gasteiger partial charge in [0, 0.05) is 37.4 Å². The zero-order chi connectivity index (χ0) is 17.1. The number of hydrogen-bond donors (Lipinski definition) is 1. The highest BCUT2D eigenvalue weighted by Gasteiger charge is 2.28. The Morgan fingerprint density at radius 1 is 1.25 bits per heavy atom. The lowest BCUT2D eigenvalue weighted by Crippen LogP contribution is -2.28. The van der Waals surface area contributed by atoms with E-state index in [-0.39, 0.29) is 23.7 Å². The quantitative estimate of drug-likeness (QED) is 0.937. The zero-order valence-corrected chi connectivity index (χ0v) is 13.9. The molecule has 1 aromatic heterocycles. The van der Waals surface area contributed by atoms with E-state index >= 15 is 0 Å². The molecule has 6 heteroatoms. The summed E-state index contributed by atoms with van der Waals surface area (Å²) in [6.07, 6.45) is 4.00. The molecule has 126 valence electrons. The Hall–Kier alpha value is -2.50. The lowest BCUT2D eigenvalue weighted by atomic mass is 9.99. The average Bonchev–Trinajstić information content (AvgIpc) is 3.05. The number of carbonyl (C=O) groups is 1. The molecule has 1 aromatic carbocycles. The number of nitrogens with one attached hydrogen (secondary N) is 1. The van der Waals surface area contributed by atoms with Crippen LogP contribution in [0.2, 0.25) is 0 Å². The van der Waals surface area contributed by atoms with Crippen molar-refractivity contribution in [2.75, 3.05) is 18.4 Å². The van der Waals surface area contributed by atoms with Gasteiger partial charge in [0.25, 0.3) is 5.91 Å². The summed E-state index contributed by atoms with van der Waals surface area (Å²) in [5.74, 6) is 0.470. The van der Waals surface area contributed by atoms with Crippen molar-refractivity contribution >= 4 is 11.9 Å². The third-order valence-corrected chi connectivity index (χ3v) is 4.13. The molecule has 1 N–H and O–H groups in total. The normalized spacial score (nSPS) is 17.3. The van der Waals surface area contributed by atoms with Crippen LogP contribution in [-0.2, 0) is 0 Å². The molecular weight excluding hydrogens is 307 g/mol. The Morgan fingerprint density at radius 2 is 1.92 bits per heavy atom. The number of benzene rings is 1. The minimum atomic E-state index is -0.239. The van der Waals surface area contributed by atoms with Gasteiger partial charge in [0.1, 0.15) is 5.82 Å². The summed E-state index contributed by atoms with van der Waals surface area (Å²) in [4.78, 5) is 22.8. The molecule has 1 saturated heterocycles.